The molecule has 1 N–H and O–H groups in total. The van der Waals surface area contributed by atoms with E-state index in [1.165, 1.54) is 26.1 Å². The summed E-state index contributed by atoms with van der Waals surface area (Å²) >= 11 is 0. The molecule has 1 aromatic carbocycles. The Kier molecular flexibility index (Phi) is 4.11. The van der Waals surface area contributed by atoms with E-state index < -0.39 is 23.9 Å². The van der Waals surface area contributed by atoms with Gasteiger partial charge in [0.05, 0.1) is 5.69 Å². The predicted octanol–water partition coefficient (Wildman–Crippen LogP) is 2.96. The molecule has 0 bridgehead atoms. The topological polar surface area (TPSA) is 64.4 Å². The number of carboxylic acids is 1. The molecular weight excluding hydrogens is 301 g/mol. The Labute approximate surface area is 123 Å². The summed E-state index contributed by atoms with van der Waals surface area (Å²) in [5.41, 5.74) is -0.157. The fourth-order valence-corrected chi connectivity index (χ4v) is 1.83. The van der Waals surface area contributed by atoms with Crippen molar-refractivity contribution < 1.29 is 27.8 Å². The summed E-state index contributed by atoms with van der Waals surface area (Å²) in [6.45, 7) is 1.38. The molecule has 0 aliphatic rings. The number of carbonyl (C=O) groups is 1. The number of hydrogen-bond donors (Lipinski definition) is 1. The molecule has 0 unspecified atom stereocenters. The first-order chi connectivity index (χ1) is 10.2. The van der Waals surface area contributed by atoms with Gasteiger partial charge in [-0.3, -0.25) is 4.68 Å². The number of aliphatic carboxylic acids is 1. The smallest absolute Gasteiger partial charge is 0.435 e. The quantitative estimate of drug-likeness (QED) is 0.942. The van der Waals surface area contributed by atoms with Crippen molar-refractivity contribution in [3.05, 3.63) is 36.0 Å². The fourth-order valence-electron chi connectivity index (χ4n) is 1.83. The van der Waals surface area contributed by atoms with Gasteiger partial charge >= 0.3 is 12.1 Å². The van der Waals surface area contributed by atoms with Crippen LogP contribution in [0.4, 0.5) is 13.2 Å². The number of hydrogen-bond acceptors (Lipinski definition) is 3. The minimum Gasteiger partial charge on any atom is -0.479 e. The number of alkyl halides is 3. The summed E-state index contributed by atoms with van der Waals surface area (Å²) in [6, 6.07) is 7.03. The summed E-state index contributed by atoms with van der Waals surface area (Å²) in [6.07, 6.45) is -5.52. The lowest BCUT2D eigenvalue weighted by Crippen LogP contribution is -2.22. The van der Waals surface area contributed by atoms with E-state index in [1.54, 1.807) is 12.1 Å². The molecule has 0 saturated carbocycles. The minimum atomic E-state index is -4.50. The molecule has 1 aromatic heterocycles. The molecule has 0 fully saturated rings. The zero-order valence-corrected chi connectivity index (χ0v) is 11.8. The number of carboxylic acid groups (broad SMARTS) is 1. The van der Waals surface area contributed by atoms with Gasteiger partial charge in [0.2, 0.25) is 0 Å². The van der Waals surface area contributed by atoms with Gasteiger partial charge in [0.1, 0.15) is 5.75 Å². The van der Waals surface area contributed by atoms with E-state index in [9.17, 15) is 18.0 Å². The second-order valence-electron chi connectivity index (χ2n) is 4.66. The zero-order chi connectivity index (χ0) is 16.5. The van der Waals surface area contributed by atoms with E-state index in [1.807, 2.05) is 0 Å². The monoisotopic (exact) mass is 314 g/mol. The van der Waals surface area contributed by atoms with Gasteiger partial charge in [0.25, 0.3) is 0 Å². The third-order valence-corrected chi connectivity index (χ3v) is 2.98. The number of ether oxygens (including phenoxy) is 1. The average molecular weight is 314 g/mol. The summed E-state index contributed by atoms with van der Waals surface area (Å²) < 4.78 is 44.2. The summed E-state index contributed by atoms with van der Waals surface area (Å²) in [4.78, 5) is 10.7. The molecule has 118 valence electrons. The molecule has 1 atom stereocenters. The molecule has 0 aliphatic carbocycles. The molecule has 2 aromatic rings. The first-order valence-electron chi connectivity index (χ1n) is 6.29. The van der Waals surface area contributed by atoms with Crippen molar-refractivity contribution in [2.45, 2.75) is 19.2 Å². The molecule has 0 saturated heterocycles. The molecule has 1 heterocycles. The van der Waals surface area contributed by atoms with Crippen molar-refractivity contribution in [2.75, 3.05) is 0 Å². The molecule has 0 spiro atoms. The highest BCUT2D eigenvalue weighted by atomic mass is 19.4. The fraction of sp³-hybridized carbons (Fsp3) is 0.286. The summed E-state index contributed by atoms with van der Waals surface area (Å²) in [5.74, 6) is -0.789. The summed E-state index contributed by atoms with van der Waals surface area (Å²) in [7, 11) is 1.42. The van der Waals surface area contributed by atoms with Gasteiger partial charge in [-0.2, -0.15) is 18.3 Å². The van der Waals surface area contributed by atoms with Crippen molar-refractivity contribution >= 4 is 5.97 Å². The zero-order valence-electron chi connectivity index (χ0n) is 11.8. The molecule has 2 rings (SSSR count). The van der Waals surface area contributed by atoms with Crippen molar-refractivity contribution in [3.63, 3.8) is 0 Å². The number of halogens is 3. The van der Waals surface area contributed by atoms with Gasteiger partial charge in [-0.05, 0) is 37.3 Å². The van der Waals surface area contributed by atoms with Gasteiger partial charge < -0.3 is 9.84 Å². The Balaban J connectivity index is 2.24. The average Bonchev–Trinajstić information content (AvgIpc) is 2.81. The molecule has 0 amide bonds. The van der Waals surface area contributed by atoms with Crippen molar-refractivity contribution in [3.8, 4) is 17.0 Å². The molecule has 5 nitrogen and oxygen atoms in total. The van der Waals surface area contributed by atoms with Crippen molar-refractivity contribution in [1.29, 1.82) is 0 Å². The lowest BCUT2D eigenvalue weighted by Gasteiger charge is -2.10. The highest BCUT2D eigenvalue weighted by molar-refractivity contribution is 5.72. The van der Waals surface area contributed by atoms with Gasteiger partial charge in [-0.1, -0.05) is 0 Å². The second-order valence-corrected chi connectivity index (χ2v) is 4.66. The van der Waals surface area contributed by atoms with Crippen LogP contribution in [0.15, 0.2) is 30.3 Å². The maximum Gasteiger partial charge on any atom is 0.435 e. The van der Waals surface area contributed by atoms with Crippen molar-refractivity contribution in [2.24, 2.45) is 7.05 Å². The van der Waals surface area contributed by atoms with Crippen LogP contribution in [-0.4, -0.2) is 27.0 Å². The number of aryl methyl sites for hydroxylation is 1. The molecule has 0 aliphatic heterocycles. The lowest BCUT2D eigenvalue weighted by molar-refractivity contribution is -0.144. The third kappa shape index (κ3) is 3.38. The predicted molar refractivity (Wildman–Crippen MR) is 71.4 cm³/mol. The van der Waals surface area contributed by atoms with Crippen molar-refractivity contribution in [1.82, 2.24) is 9.78 Å². The minimum absolute atomic E-state index is 0.296. The van der Waals surface area contributed by atoms with Gasteiger partial charge in [0, 0.05) is 12.6 Å². The SMILES string of the molecule is C[C@H](Oc1ccc(-c2cc(C(F)(F)F)nn2C)cc1)C(=O)O. The number of rotatable bonds is 4. The first-order valence-corrected chi connectivity index (χ1v) is 6.29. The van der Waals surface area contributed by atoms with Gasteiger partial charge in [0.15, 0.2) is 11.8 Å². The van der Waals surface area contributed by atoms with E-state index in [0.29, 0.717) is 17.0 Å². The van der Waals surface area contributed by atoms with Crippen LogP contribution in [0.5, 0.6) is 5.75 Å². The lowest BCUT2D eigenvalue weighted by atomic mass is 10.1. The summed E-state index contributed by atoms with van der Waals surface area (Å²) in [5, 5.41) is 12.2. The molecule has 8 heteroatoms. The van der Waals surface area contributed by atoms with E-state index in [2.05, 4.69) is 5.10 Å². The standard InChI is InChI=1S/C14H13F3N2O3/c1-8(13(20)21)22-10-5-3-9(4-6-10)11-7-12(14(15,16)17)18-19(11)2/h3-8H,1-2H3,(H,20,21)/t8-/m0/s1. The Morgan fingerprint density at radius 3 is 2.36 bits per heavy atom. The van der Waals surface area contributed by atoms with Crippen LogP contribution in [0, 0.1) is 0 Å². The normalized spacial score (nSPS) is 13.0. The Bertz CT molecular complexity index is 678. The van der Waals surface area contributed by atoms with E-state index >= 15 is 0 Å². The molecule has 0 radical (unpaired) electrons. The third-order valence-electron chi connectivity index (χ3n) is 2.98. The Morgan fingerprint density at radius 2 is 1.91 bits per heavy atom. The highest BCUT2D eigenvalue weighted by Crippen LogP contribution is 2.31. The number of benzene rings is 1. The van der Waals surface area contributed by atoms with Crippen LogP contribution in [0.3, 0.4) is 0 Å². The van der Waals surface area contributed by atoms with Crippen LogP contribution >= 0.6 is 0 Å². The van der Waals surface area contributed by atoms with Crippen LogP contribution in [0.25, 0.3) is 11.3 Å². The van der Waals surface area contributed by atoms with Crippen LogP contribution in [0.2, 0.25) is 0 Å². The van der Waals surface area contributed by atoms with Gasteiger partial charge in [-0.15, -0.1) is 0 Å². The van der Waals surface area contributed by atoms with Crippen LogP contribution in [-0.2, 0) is 18.0 Å². The molecular formula is C14H13F3N2O3. The largest absolute Gasteiger partial charge is 0.479 e. The number of nitrogens with zero attached hydrogens (tertiary/aromatic N) is 2. The van der Waals surface area contributed by atoms with E-state index in [-0.39, 0.29) is 0 Å². The second kappa shape index (κ2) is 5.70. The van der Waals surface area contributed by atoms with E-state index in [0.717, 1.165) is 10.7 Å². The number of aromatic nitrogens is 2. The maximum atomic E-state index is 12.6. The maximum absolute atomic E-state index is 12.6. The Hall–Kier alpha value is -2.51. The van der Waals surface area contributed by atoms with Crippen LogP contribution in [0.1, 0.15) is 12.6 Å². The highest BCUT2D eigenvalue weighted by Gasteiger charge is 2.34. The Morgan fingerprint density at radius 1 is 1.32 bits per heavy atom. The first kappa shape index (κ1) is 15.9. The van der Waals surface area contributed by atoms with Gasteiger partial charge in [-0.25, -0.2) is 4.79 Å². The molecule has 22 heavy (non-hydrogen) atoms. The van der Waals surface area contributed by atoms with Crippen LogP contribution < -0.4 is 4.74 Å². The van der Waals surface area contributed by atoms with E-state index in [4.69, 9.17) is 9.84 Å².